The fraction of sp³-hybridized carbons (Fsp3) is 0.625. The smallest absolute Gasteiger partial charge is 0.0380 e. The Morgan fingerprint density at radius 1 is 1.42 bits per heavy atom. The van der Waals surface area contributed by atoms with E-state index in [-0.39, 0.29) is 6.04 Å². The fourth-order valence-corrected chi connectivity index (χ4v) is 3.55. The van der Waals surface area contributed by atoms with Crippen molar-refractivity contribution in [1.82, 2.24) is 0 Å². The van der Waals surface area contributed by atoms with Crippen LogP contribution in [0.2, 0.25) is 0 Å². The molecule has 3 unspecified atom stereocenters. The van der Waals surface area contributed by atoms with Gasteiger partial charge >= 0.3 is 0 Å². The van der Waals surface area contributed by atoms with Crippen molar-refractivity contribution in [3.8, 4) is 0 Å². The molecule has 19 heavy (non-hydrogen) atoms. The van der Waals surface area contributed by atoms with Gasteiger partial charge in [-0.2, -0.15) is 0 Å². The third kappa shape index (κ3) is 3.73. The second-order valence-electron chi connectivity index (χ2n) is 6.13. The van der Waals surface area contributed by atoms with Gasteiger partial charge < -0.3 is 10.6 Å². The van der Waals surface area contributed by atoms with Crippen LogP contribution in [0.15, 0.2) is 22.7 Å². The standard InChI is InChI=1S/C16H25BrN2/c1-11-6-7-19(13(3)8-11)15-5-4-14(9-12(2)18)16(17)10-15/h4-5,10-13H,6-9,18H2,1-3H3. The third-order valence-corrected chi connectivity index (χ3v) is 4.79. The number of nitrogens with zero attached hydrogens (tertiary/aromatic N) is 1. The normalized spacial score (nSPS) is 25.4. The number of halogens is 1. The average Bonchev–Trinajstić information content (AvgIpc) is 2.31. The Hall–Kier alpha value is -0.540. The molecule has 3 heteroatoms. The van der Waals surface area contributed by atoms with Gasteiger partial charge in [0.25, 0.3) is 0 Å². The van der Waals surface area contributed by atoms with Crippen LogP contribution in [0.4, 0.5) is 5.69 Å². The highest BCUT2D eigenvalue weighted by atomic mass is 79.9. The molecule has 0 spiro atoms. The Balaban J connectivity index is 2.15. The zero-order valence-electron chi connectivity index (χ0n) is 12.2. The molecule has 0 aliphatic carbocycles. The molecule has 3 atom stereocenters. The zero-order valence-corrected chi connectivity index (χ0v) is 13.8. The summed E-state index contributed by atoms with van der Waals surface area (Å²) in [6.07, 6.45) is 3.51. The van der Waals surface area contributed by atoms with Crippen molar-refractivity contribution in [2.75, 3.05) is 11.4 Å². The van der Waals surface area contributed by atoms with Crippen molar-refractivity contribution in [1.29, 1.82) is 0 Å². The second-order valence-corrected chi connectivity index (χ2v) is 6.98. The molecule has 1 aliphatic heterocycles. The number of piperidine rings is 1. The largest absolute Gasteiger partial charge is 0.369 e. The molecule has 0 amide bonds. The highest BCUT2D eigenvalue weighted by Gasteiger charge is 2.23. The first kappa shape index (κ1) is 14.9. The van der Waals surface area contributed by atoms with Gasteiger partial charge in [-0.3, -0.25) is 0 Å². The van der Waals surface area contributed by atoms with Crippen LogP contribution in [0.25, 0.3) is 0 Å². The number of nitrogens with two attached hydrogens (primary N) is 1. The summed E-state index contributed by atoms with van der Waals surface area (Å²) in [5.41, 5.74) is 8.52. The topological polar surface area (TPSA) is 29.3 Å². The van der Waals surface area contributed by atoms with Crippen LogP contribution in [-0.4, -0.2) is 18.6 Å². The molecule has 1 aromatic rings. The molecule has 2 N–H and O–H groups in total. The fourth-order valence-electron chi connectivity index (χ4n) is 3.02. The van der Waals surface area contributed by atoms with Gasteiger partial charge in [0.15, 0.2) is 0 Å². The predicted octanol–water partition coefficient (Wildman–Crippen LogP) is 3.96. The second kappa shape index (κ2) is 6.27. The molecule has 1 fully saturated rings. The highest BCUT2D eigenvalue weighted by Crippen LogP contribution is 2.31. The number of hydrogen-bond donors (Lipinski definition) is 1. The monoisotopic (exact) mass is 324 g/mol. The van der Waals surface area contributed by atoms with E-state index in [4.69, 9.17) is 5.73 Å². The van der Waals surface area contributed by atoms with Crippen molar-refractivity contribution in [3.05, 3.63) is 28.2 Å². The van der Waals surface area contributed by atoms with Crippen LogP contribution >= 0.6 is 15.9 Å². The molecular weight excluding hydrogens is 300 g/mol. The number of benzene rings is 1. The van der Waals surface area contributed by atoms with Gasteiger partial charge in [-0.15, -0.1) is 0 Å². The molecule has 1 saturated heterocycles. The summed E-state index contributed by atoms with van der Waals surface area (Å²) in [4.78, 5) is 2.53. The zero-order chi connectivity index (χ0) is 14.0. The molecule has 1 heterocycles. The van der Waals surface area contributed by atoms with Crippen LogP contribution < -0.4 is 10.6 Å². The lowest BCUT2D eigenvalue weighted by atomic mass is 9.93. The minimum Gasteiger partial charge on any atom is -0.369 e. The van der Waals surface area contributed by atoms with Gasteiger partial charge in [0.1, 0.15) is 0 Å². The number of hydrogen-bond acceptors (Lipinski definition) is 2. The minimum atomic E-state index is 0.205. The molecule has 2 rings (SSSR count). The van der Waals surface area contributed by atoms with E-state index in [1.807, 2.05) is 0 Å². The first-order valence-electron chi connectivity index (χ1n) is 7.28. The Kier molecular flexibility index (Phi) is 4.91. The first-order chi connectivity index (χ1) is 8.97. The van der Waals surface area contributed by atoms with Crippen LogP contribution in [-0.2, 0) is 6.42 Å². The van der Waals surface area contributed by atoms with Crippen LogP contribution in [0.5, 0.6) is 0 Å². The van der Waals surface area contributed by atoms with Crippen LogP contribution in [0.3, 0.4) is 0 Å². The minimum absolute atomic E-state index is 0.205. The van der Waals surface area contributed by atoms with Crippen LogP contribution in [0, 0.1) is 5.92 Å². The summed E-state index contributed by atoms with van der Waals surface area (Å²) in [5, 5.41) is 0. The summed E-state index contributed by atoms with van der Waals surface area (Å²) >= 11 is 3.69. The molecule has 0 bridgehead atoms. The summed E-state index contributed by atoms with van der Waals surface area (Å²) in [7, 11) is 0. The molecule has 2 nitrogen and oxygen atoms in total. The van der Waals surface area contributed by atoms with E-state index in [1.54, 1.807) is 0 Å². The molecule has 106 valence electrons. The van der Waals surface area contributed by atoms with Crippen molar-refractivity contribution < 1.29 is 0 Å². The van der Waals surface area contributed by atoms with E-state index >= 15 is 0 Å². The predicted molar refractivity (Wildman–Crippen MR) is 86.7 cm³/mol. The summed E-state index contributed by atoms with van der Waals surface area (Å²) in [5.74, 6) is 0.854. The number of rotatable bonds is 3. The summed E-state index contributed by atoms with van der Waals surface area (Å²) in [6, 6.07) is 7.55. The molecule has 1 aliphatic rings. The molecular formula is C16H25BrN2. The molecule has 0 aromatic heterocycles. The Morgan fingerprint density at radius 2 is 2.16 bits per heavy atom. The SMILES string of the molecule is CC(N)Cc1ccc(N2CCC(C)CC2C)cc1Br. The summed E-state index contributed by atoms with van der Waals surface area (Å²) < 4.78 is 1.19. The molecule has 0 saturated carbocycles. The van der Waals surface area contributed by atoms with E-state index in [2.05, 4.69) is 59.8 Å². The number of anilines is 1. The van der Waals surface area contributed by atoms with Crippen molar-refractivity contribution in [2.24, 2.45) is 11.7 Å². The van der Waals surface area contributed by atoms with Crippen molar-refractivity contribution in [2.45, 2.75) is 52.1 Å². The Labute approximate surface area is 125 Å². The maximum Gasteiger partial charge on any atom is 0.0380 e. The Morgan fingerprint density at radius 3 is 2.74 bits per heavy atom. The van der Waals surface area contributed by atoms with E-state index < -0.39 is 0 Å². The molecule has 1 aromatic carbocycles. The van der Waals surface area contributed by atoms with Crippen molar-refractivity contribution in [3.63, 3.8) is 0 Å². The van der Waals surface area contributed by atoms with Crippen molar-refractivity contribution >= 4 is 21.6 Å². The quantitative estimate of drug-likeness (QED) is 0.911. The van der Waals surface area contributed by atoms with E-state index in [1.165, 1.54) is 35.1 Å². The van der Waals surface area contributed by atoms with E-state index in [0.29, 0.717) is 6.04 Å². The summed E-state index contributed by atoms with van der Waals surface area (Å²) in [6.45, 7) is 7.91. The van der Waals surface area contributed by atoms with E-state index in [0.717, 1.165) is 12.3 Å². The maximum atomic E-state index is 5.88. The van der Waals surface area contributed by atoms with Crippen LogP contribution in [0.1, 0.15) is 39.2 Å². The van der Waals surface area contributed by atoms with Gasteiger partial charge in [0, 0.05) is 28.8 Å². The van der Waals surface area contributed by atoms with Gasteiger partial charge in [0.2, 0.25) is 0 Å². The van der Waals surface area contributed by atoms with Gasteiger partial charge in [-0.1, -0.05) is 28.9 Å². The maximum absolute atomic E-state index is 5.88. The van der Waals surface area contributed by atoms with Gasteiger partial charge in [-0.05, 0) is 56.7 Å². The van der Waals surface area contributed by atoms with E-state index in [9.17, 15) is 0 Å². The highest BCUT2D eigenvalue weighted by molar-refractivity contribution is 9.10. The third-order valence-electron chi connectivity index (χ3n) is 4.05. The van der Waals surface area contributed by atoms with Gasteiger partial charge in [0.05, 0.1) is 0 Å². The lowest BCUT2D eigenvalue weighted by Crippen LogP contribution is -2.40. The first-order valence-corrected chi connectivity index (χ1v) is 8.07. The average molecular weight is 325 g/mol. The molecule has 0 radical (unpaired) electrons. The van der Waals surface area contributed by atoms with Gasteiger partial charge in [-0.25, -0.2) is 0 Å². The lowest BCUT2D eigenvalue weighted by Gasteiger charge is -2.38. The Bertz CT molecular complexity index is 431. The lowest BCUT2D eigenvalue weighted by molar-refractivity contribution is 0.378.